The Morgan fingerprint density at radius 3 is 2.95 bits per heavy atom. The van der Waals surface area contributed by atoms with Crippen LogP contribution in [0.5, 0.6) is 5.75 Å². The largest absolute Gasteiger partial charge is 0.491 e. The minimum absolute atomic E-state index is 0.115. The molecule has 1 aromatic heterocycles. The Morgan fingerprint density at radius 1 is 1.25 bits per heavy atom. The highest BCUT2D eigenvalue weighted by molar-refractivity contribution is 9.10. The van der Waals surface area contributed by atoms with Gasteiger partial charge in [-0.2, -0.15) is 0 Å². The Morgan fingerprint density at radius 2 is 2.10 bits per heavy atom. The number of aromatic nitrogens is 1. The summed E-state index contributed by atoms with van der Waals surface area (Å²) in [7, 11) is 0. The Labute approximate surface area is 125 Å². The lowest BCUT2D eigenvalue weighted by Crippen LogP contribution is -2.32. The molecule has 1 aliphatic rings. The maximum absolute atomic E-state index is 12.7. The van der Waals surface area contributed by atoms with Crippen LogP contribution in [0.4, 0.5) is 5.69 Å². The molecular weight excluding hydrogens is 320 g/mol. The van der Waals surface area contributed by atoms with Crippen LogP contribution in [0, 0.1) is 0 Å². The number of benzene rings is 1. The Balaban J connectivity index is 2.02. The predicted octanol–water partition coefficient (Wildman–Crippen LogP) is 3.27. The van der Waals surface area contributed by atoms with E-state index in [9.17, 15) is 4.79 Å². The van der Waals surface area contributed by atoms with Gasteiger partial charge in [0, 0.05) is 17.2 Å². The summed E-state index contributed by atoms with van der Waals surface area (Å²) in [6.07, 6.45) is 2.42. The van der Waals surface area contributed by atoms with E-state index in [1.165, 1.54) is 0 Å². The maximum Gasteiger partial charge on any atom is 0.278 e. The summed E-state index contributed by atoms with van der Waals surface area (Å²) in [5.74, 6) is 0.626. The van der Waals surface area contributed by atoms with E-state index in [0.29, 0.717) is 23.3 Å². The van der Waals surface area contributed by atoms with Gasteiger partial charge in [-0.3, -0.25) is 4.79 Å². The molecule has 0 unspecified atom stereocenters. The van der Waals surface area contributed by atoms with E-state index in [0.717, 1.165) is 17.9 Å². The first-order valence-corrected chi connectivity index (χ1v) is 7.21. The molecule has 3 rings (SSSR count). The molecule has 2 heterocycles. The first-order chi connectivity index (χ1) is 9.77. The lowest BCUT2D eigenvalue weighted by molar-refractivity contribution is 0.0981. The van der Waals surface area contributed by atoms with Crippen molar-refractivity contribution in [3.8, 4) is 5.75 Å². The van der Waals surface area contributed by atoms with E-state index in [2.05, 4.69) is 20.9 Å². The third-order valence-electron chi connectivity index (χ3n) is 3.15. The average Bonchev–Trinajstić information content (AvgIpc) is 2.69. The van der Waals surface area contributed by atoms with Gasteiger partial charge in [-0.15, -0.1) is 0 Å². The first kappa shape index (κ1) is 13.1. The van der Waals surface area contributed by atoms with E-state index in [-0.39, 0.29) is 5.91 Å². The van der Waals surface area contributed by atoms with E-state index in [1.807, 2.05) is 30.3 Å². The number of pyridine rings is 1. The van der Waals surface area contributed by atoms with Gasteiger partial charge in [-0.05, 0) is 46.6 Å². The highest BCUT2D eigenvalue weighted by Crippen LogP contribution is 2.32. The molecule has 1 amide bonds. The Bertz CT molecular complexity index is 645. The van der Waals surface area contributed by atoms with E-state index >= 15 is 0 Å². The van der Waals surface area contributed by atoms with Gasteiger partial charge in [0.1, 0.15) is 11.4 Å². The van der Waals surface area contributed by atoms with Gasteiger partial charge < -0.3 is 9.64 Å². The van der Waals surface area contributed by atoms with Crippen LogP contribution in [0.2, 0.25) is 0 Å². The number of fused-ring (bicyclic) bond motifs is 1. The average molecular weight is 333 g/mol. The zero-order chi connectivity index (χ0) is 13.9. The predicted molar refractivity (Wildman–Crippen MR) is 80.2 cm³/mol. The zero-order valence-corrected chi connectivity index (χ0v) is 12.3. The smallest absolute Gasteiger partial charge is 0.278 e. The number of para-hydroxylation sites is 2. The third-order valence-corrected chi connectivity index (χ3v) is 3.79. The molecule has 4 nitrogen and oxygen atoms in total. The summed E-state index contributed by atoms with van der Waals surface area (Å²) in [4.78, 5) is 18.6. The molecule has 1 aromatic carbocycles. The molecule has 0 bridgehead atoms. The maximum atomic E-state index is 12.7. The van der Waals surface area contributed by atoms with Crippen molar-refractivity contribution in [3.05, 3.63) is 52.8 Å². The third kappa shape index (κ3) is 2.41. The van der Waals surface area contributed by atoms with Crippen LogP contribution in [0.3, 0.4) is 0 Å². The molecule has 5 heteroatoms. The number of carbonyl (C=O) groups is 1. The van der Waals surface area contributed by atoms with Crippen molar-refractivity contribution >= 4 is 27.5 Å². The minimum Gasteiger partial charge on any atom is -0.491 e. The van der Waals surface area contributed by atoms with Crippen LogP contribution in [-0.2, 0) is 0 Å². The lowest BCUT2D eigenvalue weighted by atomic mass is 10.2. The fraction of sp³-hybridized carbons (Fsp3) is 0.200. The number of ether oxygens (including phenoxy) is 1. The van der Waals surface area contributed by atoms with Gasteiger partial charge in [0.15, 0.2) is 0 Å². The van der Waals surface area contributed by atoms with Crippen LogP contribution < -0.4 is 9.64 Å². The van der Waals surface area contributed by atoms with Gasteiger partial charge in [-0.25, -0.2) is 4.98 Å². The van der Waals surface area contributed by atoms with Crippen molar-refractivity contribution in [1.82, 2.24) is 4.98 Å². The van der Waals surface area contributed by atoms with Crippen molar-refractivity contribution in [2.24, 2.45) is 0 Å². The van der Waals surface area contributed by atoms with Gasteiger partial charge >= 0.3 is 0 Å². The number of hydrogen-bond donors (Lipinski definition) is 0. The molecule has 0 aliphatic carbocycles. The van der Waals surface area contributed by atoms with Gasteiger partial charge in [0.2, 0.25) is 0 Å². The summed E-state index contributed by atoms with van der Waals surface area (Å²) < 4.78 is 6.37. The number of carbonyl (C=O) groups excluding carboxylic acids is 1. The highest BCUT2D eigenvalue weighted by Gasteiger charge is 2.25. The van der Waals surface area contributed by atoms with E-state index in [4.69, 9.17) is 4.74 Å². The van der Waals surface area contributed by atoms with Crippen LogP contribution in [0.15, 0.2) is 47.1 Å². The molecular formula is C15H13BrN2O2. The van der Waals surface area contributed by atoms with Crippen LogP contribution in [-0.4, -0.2) is 24.0 Å². The number of halogens is 1. The second kappa shape index (κ2) is 5.63. The molecule has 0 saturated heterocycles. The zero-order valence-electron chi connectivity index (χ0n) is 10.8. The molecule has 2 aromatic rings. The quantitative estimate of drug-likeness (QED) is 0.804. The van der Waals surface area contributed by atoms with E-state index < -0.39 is 0 Å². The van der Waals surface area contributed by atoms with Crippen molar-refractivity contribution in [2.45, 2.75) is 6.42 Å². The number of nitrogens with zero attached hydrogens (tertiary/aromatic N) is 2. The SMILES string of the molecule is O=C(c1ncccc1Br)N1CCCOc2ccccc21. The minimum atomic E-state index is -0.115. The second-order valence-corrected chi connectivity index (χ2v) is 5.31. The van der Waals surface area contributed by atoms with Crippen molar-refractivity contribution in [3.63, 3.8) is 0 Å². The summed E-state index contributed by atoms with van der Waals surface area (Å²) in [6, 6.07) is 11.2. The van der Waals surface area contributed by atoms with Crippen molar-refractivity contribution in [1.29, 1.82) is 0 Å². The van der Waals surface area contributed by atoms with E-state index in [1.54, 1.807) is 17.2 Å². The number of anilines is 1. The summed E-state index contributed by atoms with van der Waals surface area (Å²) in [5.41, 5.74) is 1.22. The topological polar surface area (TPSA) is 42.4 Å². The molecule has 102 valence electrons. The van der Waals surface area contributed by atoms with Crippen molar-refractivity contribution in [2.75, 3.05) is 18.1 Å². The van der Waals surface area contributed by atoms with Crippen LogP contribution in [0.25, 0.3) is 0 Å². The molecule has 0 N–H and O–H groups in total. The fourth-order valence-electron chi connectivity index (χ4n) is 2.21. The number of amides is 1. The van der Waals surface area contributed by atoms with Gasteiger partial charge in [0.25, 0.3) is 5.91 Å². The van der Waals surface area contributed by atoms with Gasteiger partial charge in [0.05, 0.1) is 12.3 Å². The summed E-state index contributed by atoms with van der Waals surface area (Å²) >= 11 is 3.38. The first-order valence-electron chi connectivity index (χ1n) is 6.41. The summed E-state index contributed by atoms with van der Waals surface area (Å²) in [5, 5.41) is 0. The summed E-state index contributed by atoms with van der Waals surface area (Å²) in [6.45, 7) is 1.24. The standard InChI is InChI=1S/C15H13BrN2O2/c16-11-5-3-8-17-14(11)15(19)18-9-4-10-20-13-7-2-1-6-12(13)18/h1-3,5-8H,4,9-10H2. The number of hydrogen-bond acceptors (Lipinski definition) is 3. The highest BCUT2D eigenvalue weighted by atomic mass is 79.9. The Hall–Kier alpha value is -1.88. The number of rotatable bonds is 1. The van der Waals surface area contributed by atoms with Gasteiger partial charge in [-0.1, -0.05) is 12.1 Å². The normalized spacial score (nSPS) is 14.2. The fourth-order valence-corrected chi connectivity index (χ4v) is 2.63. The molecule has 0 saturated carbocycles. The Kier molecular flexibility index (Phi) is 3.69. The molecule has 20 heavy (non-hydrogen) atoms. The molecule has 0 atom stereocenters. The second-order valence-electron chi connectivity index (χ2n) is 4.46. The monoisotopic (exact) mass is 332 g/mol. The molecule has 0 radical (unpaired) electrons. The van der Waals surface area contributed by atoms with Crippen LogP contribution >= 0.6 is 15.9 Å². The van der Waals surface area contributed by atoms with Crippen molar-refractivity contribution < 1.29 is 9.53 Å². The molecule has 0 fully saturated rings. The molecule has 1 aliphatic heterocycles. The lowest BCUT2D eigenvalue weighted by Gasteiger charge is -2.21. The van der Waals surface area contributed by atoms with Crippen LogP contribution in [0.1, 0.15) is 16.9 Å². The molecule has 0 spiro atoms.